The van der Waals surface area contributed by atoms with Crippen LogP contribution in [-0.2, 0) is 20.7 Å². The smallest absolute Gasteiger partial charge is 0.311 e. The topological polar surface area (TPSA) is 87.2 Å². The molecule has 0 aliphatic heterocycles. The van der Waals surface area contributed by atoms with Crippen molar-refractivity contribution in [3.8, 4) is 5.69 Å². The van der Waals surface area contributed by atoms with E-state index in [0.717, 1.165) is 5.69 Å². The maximum absolute atomic E-state index is 11.6. The molecule has 0 fully saturated rings. The molecule has 6 heteroatoms. The van der Waals surface area contributed by atoms with Crippen molar-refractivity contribution >= 4 is 11.9 Å². The zero-order valence-electron chi connectivity index (χ0n) is 11.0. The van der Waals surface area contributed by atoms with E-state index in [1.807, 2.05) is 30.3 Å². The second-order valence-corrected chi connectivity index (χ2v) is 4.34. The highest BCUT2D eigenvalue weighted by Gasteiger charge is 2.15. The molecular formula is C14H15N3O3. The summed E-state index contributed by atoms with van der Waals surface area (Å²) in [4.78, 5) is 22.4. The molecule has 0 unspecified atom stereocenters. The predicted molar refractivity (Wildman–Crippen MR) is 72.0 cm³/mol. The van der Waals surface area contributed by atoms with Crippen molar-refractivity contribution in [1.29, 1.82) is 0 Å². The van der Waals surface area contributed by atoms with E-state index in [-0.39, 0.29) is 6.42 Å². The van der Waals surface area contributed by atoms with Crippen molar-refractivity contribution in [2.24, 2.45) is 5.73 Å². The molecular weight excluding hydrogens is 258 g/mol. The second-order valence-electron chi connectivity index (χ2n) is 4.34. The molecule has 0 aliphatic rings. The van der Waals surface area contributed by atoms with Gasteiger partial charge >= 0.3 is 5.97 Å². The van der Waals surface area contributed by atoms with Gasteiger partial charge in [-0.1, -0.05) is 18.2 Å². The number of nitrogens with two attached hydrogens (primary N) is 1. The van der Waals surface area contributed by atoms with Gasteiger partial charge < -0.3 is 10.5 Å². The van der Waals surface area contributed by atoms with E-state index in [1.54, 1.807) is 17.1 Å². The van der Waals surface area contributed by atoms with E-state index in [9.17, 15) is 9.59 Å². The minimum atomic E-state index is -0.924. The molecule has 1 aromatic carbocycles. The third kappa shape index (κ3) is 3.44. The van der Waals surface area contributed by atoms with Crippen molar-refractivity contribution < 1.29 is 14.3 Å². The highest BCUT2D eigenvalue weighted by Crippen LogP contribution is 2.08. The van der Waals surface area contributed by atoms with Gasteiger partial charge in [0.25, 0.3) is 5.91 Å². The molecule has 2 aromatic rings. The Hall–Kier alpha value is -2.63. The molecule has 0 bridgehead atoms. The Kier molecular flexibility index (Phi) is 4.14. The van der Waals surface area contributed by atoms with Crippen LogP contribution in [0.1, 0.15) is 12.5 Å². The Labute approximate surface area is 116 Å². The maximum atomic E-state index is 11.6. The van der Waals surface area contributed by atoms with Crippen LogP contribution in [-0.4, -0.2) is 27.8 Å². The molecule has 1 amide bonds. The highest BCUT2D eigenvalue weighted by atomic mass is 16.5. The Morgan fingerprint density at radius 3 is 2.70 bits per heavy atom. The number of para-hydroxylation sites is 1. The normalized spacial score (nSPS) is 11.8. The Bertz CT molecular complexity index is 607. The monoisotopic (exact) mass is 273 g/mol. The Morgan fingerprint density at radius 1 is 1.35 bits per heavy atom. The largest absolute Gasteiger partial charge is 0.452 e. The van der Waals surface area contributed by atoms with Gasteiger partial charge in [-0.3, -0.25) is 9.59 Å². The molecule has 0 saturated heterocycles. The average Bonchev–Trinajstić information content (AvgIpc) is 2.88. The van der Waals surface area contributed by atoms with Crippen LogP contribution in [0.3, 0.4) is 0 Å². The lowest BCUT2D eigenvalue weighted by Crippen LogP contribution is -2.30. The standard InChI is InChI=1S/C14H15N3O3/c1-10(14(15)19)20-13(18)7-11-8-16-17(9-11)12-5-3-2-4-6-12/h2-6,8-10H,7H2,1H3,(H2,15,19)/t10-/m1/s1. The van der Waals surface area contributed by atoms with Gasteiger partial charge in [0.15, 0.2) is 6.10 Å². The van der Waals surface area contributed by atoms with Crippen molar-refractivity contribution in [2.75, 3.05) is 0 Å². The number of hydrogen-bond acceptors (Lipinski definition) is 4. The lowest BCUT2D eigenvalue weighted by molar-refractivity contribution is -0.153. The maximum Gasteiger partial charge on any atom is 0.311 e. The number of primary amides is 1. The van der Waals surface area contributed by atoms with Crippen LogP contribution in [0.2, 0.25) is 0 Å². The number of nitrogens with zero attached hydrogens (tertiary/aromatic N) is 2. The number of amides is 1. The van der Waals surface area contributed by atoms with Crippen molar-refractivity contribution in [2.45, 2.75) is 19.4 Å². The number of carbonyl (C=O) groups excluding carboxylic acids is 2. The summed E-state index contributed by atoms with van der Waals surface area (Å²) < 4.78 is 6.55. The molecule has 1 atom stereocenters. The van der Waals surface area contributed by atoms with Gasteiger partial charge in [0, 0.05) is 11.8 Å². The fourth-order valence-corrected chi connectivity index (χ4v) is 1.64. The molecule has 6 nitrogen and oxygen atoms in total. The highest BCUT2D eigenvalue weighted by molar-refractivity contribution is 5.82. The Morgan fingerprint density at radius 2 is 2.05 bits per heavy atom. The fraction of sp³-hybridized carbons (Fsp3) is 0.214. The van der Waals surface area contributed by atoms with Gasteiger partial charge in [-0.2, -0.15) is 5.10 Å². The van der Waals surface area contributed by atoms with Gasteiger partial charge in [-0.05, 0) is 19.1 Å². The quantitative estimate of drug-likeness (QED) is 0.817. The number of benzene rings is 1. The first-order valence-corrected chi connectivity index (χ1v) is 6.14. The zero-order chi connectivity index (χ0) is 14.5. The Balaban J connectivity index is 2.00. The third-order valence-corrected chi connectivity index (χ3v) is 2.71. The van der Waals surface area contributed by atoms with E-state index in [4.69, 9.17) is 10.5 Å². The fourth-order valence-electron chi connectivity index (χ4n) is 1.64. The first-order valence-electron chi connectivity index (χ1n) is 6.14. The number of rotatable bonds is 5. The van der Waals surface area contributed by atoms with Crippen LogP contribution in [0.25, 0.3) is 5.69 Å². The second kappa shape index (κ2) is 6.01. The number of esters is 1. The summed E-state index contributed by atoms with van der Waals surface area (Å²) >= 11 is 0. The van der Waals surface area contributed by atoms with Gasteiger partial charge in [0.1, 0.15) is 0 Å². The van der Waals surface area contributed by atoms with Crippen molar-refractivity contribution in [3.05, 3.63) is 48.3 Å². The van der Waals surface area contributed by atoms with E-state index >= 15 is 0 Å². The number of hydrogen-bond donors (Lipinski definition) is 1. The molecule has 2 rings (SSSR count). The minimum absolute atomic E-state index is 0.0461. The van der Waals surface area contributed by atoms with Crippen LogP contribution < -0.4 is 5.73 Å². The van der Waals surface area contributed by atoms with Gasteiger partial charge in [-0.15, -0.1) is 0 Å². The van der Waals surface area contributed by atoms with Crippen LogP contribution >= 0.6 is 0 Å². The van der Waals surface area contributed by atoms with Gasteiger partial charge in [0.2, 0.25) is 0 Å². The lowest BCUT2D eigenvalue weighted by atomic mass is 10.2. The molecule has 0 saturated carbocycles. The summed E-state index contributed by atoms with van der Waals surface area (Å²) in [5, 5.41) is 4.17. The zero-order valence-corrected chi connectivity index (χ0v) is 11.0. The summed E-state index contributed by atoms with van der Waals surface area (Å²) in [7, 11) is 0. The first kappa shape index (κ1) is 13.8. The van der Waals surface area contributed by atoms with Crippen LogP contribution in [0.5, 0.6) is 0 Å². The van der Waals surface area contributed by atoms with E-state index in [2.05, 4.69) is 5.10 Å². The average molecular weight is 273 g/mol. The third-order valence-electron chi connectivity index (χ3n) is 2.71. The SMILES string of the molecule is C[C@@H](OC(=O)Cc1cnn(-c2ccccc2)c1)C(N)=O. The predicted octanol–water partition coefficient (Wildman–Crippen LogP) is 0.832. The summed E-state index contributed by atoms with van der Waals surface area (Å²) in [5.41, 5.74) is 6.63. The van der Waals surface area contributed by atoms with Crippen molar-refractivity contribution in [3.63, 3.8) is 0 Å². The summed E-state index contributed by atoms with van der Waals surface area (Å²) in [6, 6.07) is 9.53. The first-order chi connectivity index (χ1) is 9.56. The molecule has 2 N–H and O–H groups in total. The number of aromatic nitrogens is 2. The van der Waals surface area contributed by atoms with Gasteiger partial charge in [0.05, 0.1) is 18.3 Å². The van der Waals surface area contributed by atoms with Crippen LogP contribution in [0.15, 0.2) is 42.7 Å². The molecule has 104 valence electrons. The minimum Gasteiger partial charge on any atom is -0.452 e. The van der Waals surface area contributed by atoms with Crippen molar-refractivity contribution in [1.82, 2.24) is 9.78 Å². The van der Waals surface area contributed by atoms with Crippen LogP contribution in [0.4, 0.5) is 0 Å². The molecule has 0 radical (unpaired) electrons. The molecule has 1 heterocycles. The van der Waals surface area contributed by atoms with E-state index in [0.29, 0.717) is 5.56 Å². The summed E-state index contributed by atoms with van der Waals surface area (Å²) in [6.45, 7) is 1.44. The van der Waals surface area contributed by atoms with Gasteiger partial charge in [-0.25, -0.2) is 4.68 Å². The molecule has 0 spiro atoms. The summed E-state index contributed by atoms with van der Waals surface area (Å²) in [5.74, 6) is -1.18. The number of carbonyl (C=O) groups is 2. The summed E-state index contributed by atoms with van der Waals surface area (Å²) in [6.07, 6.45) is 2.45. The molecule has 20 heavy (non-hydrogen) atoms. The number of ether oxygens (including phenoxy) is 1. The molecule has 0 aliphatic carbocycles. The molecule has 1 aromatic heterocycles. The van der Waals surface area contributed by atoms with E-state index in [1.165, 1.54) is 6.92 Å². The van der Waals surface area contributed by atoms with Crippen LogP contribution in [0, 0.1) is 0 Å². The van der Waals surface area contributed by atoms with E-state index < -0.39 is 18.0 Å². The lowest BCUT2D eigenvalue weighted by Gasteiger charge is -2.08.